The van der Waals surface area contributed by atoms with E-state index in [1.54, 1.807) is 6.20 Å². The Hall–Kier alpha value is -1.28. The summed E-state index contributed by atoms with van der Waals surface area (Å²) in [6.07, 6.45) is 1.94. The number of ether oxygens (including phenoxy) is 1. The van der Waals surface area contributed by atoms with Crippen molar-refractivity contribution in [2.75, 3.05) is 0 Å². The quantitative estimate of drug-likeness (QED) is 0.763. The van der Waals surface area contributed by atoms with E-state index < -0.39 is 0 Å². The average Bonchev–Trinajstić information content (AvgIpc) is 2.39. The number of halogens is 1. The van der Waals surface area contributed by atoms with Crippen molar-refractivity contribution >= 4 is 22.4 Å². The van der Waals surface area contributed by atoms with Crippen LogP contribution in [-0.2, 0) is 5.88 Å². The van der Waals surface area contributed by atoms with Gasteiger partial charge in [-0.15, -0.1) is 11.6 Å². The molecule has 0 amide bonds. The zero-order chi connectivity index (χ0) is 13.1. The first-order valence-electron chi connectivity index (χ1n) is 6.22. The Morgan fingerprint density at radius 3 is 2.44 bits per heavy atom. The maximum atomic E-state index is 5.93. The molecule has 18 heavy (non-hydrogen) atoms. The highest BCUT2D eigenvalue weighted by Crippen LogP contribution is 2.28. The predicted molar refractivity (Wildman–Crippen MR) is 76.2 cm³/mol. The minimum Gasteiger partial charge on any atom is -0.474 e. The third-order valence-corrected chi connectivity index (χ3v) is 3.51. The second-order valence-electron chi connectivity index (χ2n) is 4.83. The fourth-order valence-electron chi connectivity index (χ4n) is 1.74. The van der Waals surface area contributed by atoms with Gasteiger partial charge in [0.05, 0.1) is 6.10 Å². The fourth-order valence-corrected chi connectivity index (χ4v) is 1.95. The van der Waals surface area contributed by atoms with E-state index in [4.69, 9.17) is 16.3 Å². The normalized spacial score (nSPS) is 12.9. The number of fused-ring (bicyclic) bond motifs is 1. The molecule has 96 valence electrons. The largest absolute Gasteiger partial charge is 0.474 e. The van der Waals surface area contributed by atoms with E-state index in [-0.39, 0.29) is 6.10 Å². The van der Waals surface area contributed by atoms with Crippen LogP contribution >= 0.6 is 11.6 Å². The van der Waals surface area contributed by atoms with E-state index in [0.29, 0.717) is 17.7 Å². The predicted octanol–water partition coefficient (Wildman–Crippen LogP) is 4.40. The van der Waals surface area contributed by atoms with Crippen molar-refractivity contribution in [1.29, 1.82) is 0 Å². The zero-order valence-corrected chi connectivity index (χ0v) is 11.7. The van der Waals surface area contributed by atoms with Crippen LogP contribution in [0.3, 0.4) is 0 Å². The standard InChI is InChI=1S/C15H18ClNO/c1-10(2)11(3)18-15-14-7-5-4-6-13(14)12(8-16)9-17-15/h4-7,9-11H,8H2,1-3H3. The van der Waals surface area contributed by atoms with Gasteiger partial charge in [-0.05, 0) is 29.9 Å². The van der Waals surface area contributed by atoms with Crippen LogP contribution in [-0.4, -0.2) is 11.1 Å². The Labute approximate surface area is 113 Å². The van der Waals surface area contributed by atoms with Gasteiger partial charge in [0.15, 0.2) is 0 Å². The van der Waals surface area contributed by atoms with Crippen molar-refractivity contribution in [3.8, 4) is 5.88 Å². The number of nitrogens with zero attached hydrogens (tertiary/aromatic N) is 1. The Balaban J connectivity index is 2.46. The molecule has 1 aromatic carbocycles. The molecule has 0 bridgehead atoms. The molecular weight excluding hydrogens is 246 g/mol. The lowest BCUT2D eigenvalue weighted by Gasteiger charge is -2.18. The van der Waals surface area contributed by atoms with Crippen LogP contribution in [0, 0.1) is 5.92 Å². The van der Waals surface area contributed by atoms with Gasteiger partial charge in [-0.25, -0.2) is 4.98 Å². The third-order valence-electron chi connectivity index (χ3n) is 3.22. The van der Waals surface area contributed by atoms with E-state index in [2.05, 4.69) is 31.8 Å². The van der Waals surface area contributed by atoms with E-state index in [1.807, 2.05) is 18.2 Å². The van der Waals surface area contributed by atoms with Crippen LogP contribution in [0.25, 0.3) is 10.8 Å². The van der Waals surface area contributed by atoms with Gasteiger partial charge >= 0.3 is 0 Å². The topological polar surface area (TPSA) is 22.1 Å². The van der Waals surface area contributed by atoms with Gasteiger partial charge in [0.1, 0.15) is 0 Å². The van der Waals surface area contributed by atoms with Crippen molar-refractivity contribution in [3.05, 3.63) is 36.0 Å². The highest BCUT2D eigenvalue weighted by atomic mass is 35.5. The van der Waals surface area contributed by atoms with Crippen LogP contribution < -0.4 is 4.74 Å². The number of hydrogen-bond donors (Lipinski definition) is 0. The summed E-state index contributed by atoms with van der Waals surface area (Å²) in [5.74, 6) is 1.62. The molecule has 0 saturated carbocycles. The Morgan fingerprint density at radius 1 is 1.17 bits per heavy atom. The third kappa shape index (κ3) is 2.59. The smallest absolute Gasteiger partial charge is 0.221 e. The van der Waals surface area contributed by atoms with Gasteiger partial charge in [-0.2, -0.15) is 0 Å². The summed E-state index contributed by atoms with van der Waals surface area (Å²) < 4.78 is 5.93. The number of benzene rings is 1. The number of aromatic nitrogens is 1. The van der Waals surface area contributed by atoms with Crippen LogP contribution in [0.4, 0.5) is 0 Å². The minimum absolute atomic E-state index is 0.141. The Bertz CT molecular complexity index is 539. The Kier molecular flexibility index (Phi) is 4.07. The molecule has 0 fully saturated rings. The molecule has 0 aliphatic heterocycles. The van der Waals surface area contributed by atoms with E-state index in [9.17, 15) is 0 Å². The lowest BCUT2D eigenvalue weighted by atomic mass is 10.1. The molecule has 1 atom stereocenters. The van der Waals surface area contributed by atoms with Crippen LogP contribution in [0.15, 0.2) is 30.5 Å². The second kappa shape index (κ2) is 5.57. The first-order chi connectivity index (χ1) is 8.63. The average molecular weight is 264 g/mol. The first kappa shape index (κ1) is 13.2. The van der Waals surface area contributed by atoms with E-state index >= 15 is 0 Å². The summed E-state index contributed by atoms with van der Waals surface area (Å²) in [5, 5.41) is 2.15. The van der Waals surface area contributed by atoms with Gasteiger partial charge in [0.25, 0.3) is 0 Å². The minimum atomic E-state index is 0.141. The van der Waals surface area contributed by atoms with Gasteiger partial charge < -0.3 is 4.74 Å². The molecule has 2 nitrogen and oxygen atoms in total. The molecule has 0 N–H and O–H groups in total. The molecule has 2 aromatic rings. The second-order valence-corrected chi connectivity index (χ2v) is 5.10. The van der Waals surface area contributed by atoms with E-state index in [1.165, 1.54) is 0 Å². The first-order valence-corrected chi connectivity index (χ1v) is 6.76. The van der Waals surface area contributed by atoms with Crippen molar-refractivity contribution in [2.45, 2.75) is 32.8 Å². The highest BCUT2D eigenvalue weighted by molar-refractivity contribution is 6.18. The van der Waals surface area contributed by atoms with Gasteiger partial charge in [0, 0.05) is 17.5 Å². The van der Waals surface area contributed by atoms with Crippen molar-refractivity contribution in [3.63, 3.8) is 0 Å². The highest BCUT2D eigenvalue weighted by Gasteiger charge is 2.13. The van der Waals surface area contributed by atoms with Crippen LogP contribution in [0.5, 0.6) is 5.88 Å². The van der Waals surface area contributed by atoms with Crippen molar-refractivity contribution in [1.82, 2.24) is 4.98 Å². The maximum absolute atomic E-state index is 5.93. The molecule has 0 spiro atoms. The molecule has 3 heteroatoms. The number of pyridine rings is 1. The molecule has 1 unspecified atom stereocenters. The molecule has 1 heterocycles. The molecule has 2 rings (SSSR count). The lowest BCUT2D eigenvalue weighted by molar-refractivity contribution is 0.166. The molecule has 0 saturated heterocycles. The van der Waals surface area contributed by atoms with Gasteiger partial charge in [0.2, 0.25) is 5.88 Å². The molecule has 0 aliphatic carbocycles. The summed E-state index contributed by atoms with van der Waals surface area (Å²) in [6, 6.07) is 8.09. The molecule has 0 aliphatic rings. The number of rotatable bonds is 4. The SMILES string of the molecule is CC(C)C(C)Oc1ncc(CCl)c2ccccc12. The summed E-state index contributed by atoms with van der Waals surface area (Å²) in [6.45, 7) is 6.34. The Morgan fingerprint density at radius 2 is 1.83 bits per heavy atom. The van der Waals surface area contributed by atoms with Crippen molar-refractivity contribution < 1.29 is 4.74 Å². The van der Waals surface area contributed by atoms with Crippen LogP contribution in [0.1, 0.15) is 26.3 Å². The van der Waals surface area contributed by atoms with Gasteiger partial charge in [-0.1, -0.05) is 32.0 Å². The lowest BCUT2D eigenvalue weighted by Crippen LogP contribution is -2.19. The monoisotopic (exact) mass is 263 g/mol. The molecular formula is C15H18ClNO. The molecule has 1 aromatic heterocycles. The van der Waals surface area contributed by atoms with Crippen molar-refractivity contribution in [2.24, 2.45) is 5.92 Å². The summed E-state index contributed by atoms with van der Waals surface area (Å²) in [7, 11) is 0. The maximum Gasteiger partial charge on any atom is 0.221 e. The number of alkyl halides is 1. The summed E-state index contributed by atoms with van der Waals surface area (Å²) in [5.41, 5.74) is 1.04. The zero-order valence-electron chi connectivity index (χ0n) is 11.0. The van der Waals surface area contributed by atoms with Gasteiger partial charge in [-0.3, -0.25) is 0 Å². The summed E-state index contributed by atoms with van der Waals surface area (Å²) in [4.78, 5) is 4.39. The summed E-state index contributed by atoms with van der Waals surface area (Å²) >= 11 is 5.93. The number of hydrogen-bond acceptors (Lipinski definition) is 2. The van der Waals surface area contributed by atoms with Crippen LogP contribution in [0.2, 0.25) is 0 Å². The fraction of sp³-hybridized carbons (Fsp3) is 0.400. The molecule has 0 radical (unpaired) electrons. The van der Waals surface area contributed by atoms with E-state index in [0.717, 1.165) is 16.3 Å².